The van der Waals surface area contributed by atoms with E-state index < -0.39 is 27.3 Å². The van der Waals surface area contributed by atoms with Gasteiger partial charge in [0.05, 0.1) is 12.1 Å². The zero-order valence-electron chi connectivity index (χ0n) is 19.2. The van der Waals surface area contributed by atoms with Gasteiger partial charge in [0, 0.05) is 0 Å². The summed E-state index contributed by atoms with van der Waals surface area (Å²) in [5, 5.41) is 9.34. The summed E-state index contributed by atoms with van der Waals surface area (Å²) >= 11 is 0. The summed E-state index contributed by atoms with van der Waals surface area (Å²) in [6.07, 6.45) is 1.50. The van der Waals surface area contributed by atoms with Crippen LogP contribution in [-0.2, 0) is 23.0 Å². The molecule has 0 saturated carbocycles. The molecule has 2 rings (SSSR count). The smallest absolute Gasteiger partial charge is 0.507 e. The van der Waals surface area contributed by atoms with Crippen LogP contribution in [0.5, 0.6) is 11.5 Å². The number of rotatable bonds is 7. The Morgan fingerprint density at radius 3 is 2.00 bits per heavy atom. The van der Waals surface area contributed by atoms with Crippen LogP contribution < -0.4 is 9.92 Å². The van der Waals surface area contributed by atoms with Crippen LogP contribution in [0.3, 0.4) is 0 Å². The van der Waals surface area contributed by atoms with Crippen LogP contribution in [0.15, 0.2) is 36.4 Å². The van der Waals surface area contributed by atoms with Gasteiger partial charge in [-0.3, -0.25) is 4.79 Å². The van der Waals surface area contributed by atoms with Gasteiger partial charge in [0.15, 0.2) is 0 Å². The summed E-state index contributed by atoms with van der Waals surface area (Å²) in [5.41, 5.74) is 1.26. The number of carbonyl (C=O) groups is 1. The second-order valence-corrected chi connectivity index (χ2v) is 9.85. The van der Waals surface area contributed by atoms with Gasteiger partial charge in [0.2, 0.25) is 5.69 Å². The van der Waals surface area contributed by atoms with Crippen molar-refractivity contribution in [2.75, 3.05) is 0 Å². The molecule has 2 aromatic rings. The van der Waals surface area contributed by atoms with E-state index in [4.69, 9.17) is 12.3 Å². The molecule has 3 N–H and O–H groups in total. The van der Waals surface area contributed by atoms with Crippen LogP contribution in [0.25, 0.3) is 4.85 Å². The summed E-state index contributed by atoms with van der Waals surface area (Å²) in [7, 11) is -5.76. The van der Waals surface area contributed by atoms with Crippen molar-refractivity contribution in [3.05, 3.63) is 64.5 Å². The first kappa shape index (κ1) is 28.8. The molecule has 0 aromatic heterocycles. The number of hydrogen-bond acceptors (Lipinski definition) is 5. The van der Waals surface area contributed by atoms with Gasteiger partial charge in [-0.2, -0.15) is 21.6 Å². The van der Waals surface area contributed by atoms with E-state index in [2.05, 4.69) is 22.9 Å². The van der Waals surface area contributed by atoms with Crippen LogP contribution in [0, 0.1) is 18.4 Å². The van der Waals surface area contributed by atoms with E-state index in [9.17, 15) is 31.5 Å². The van der Waals surface area contributed by atoms with Gasteiger partial charge in [-0.1, -0.05) is 45.4 Å². The van der Waals surface area contributed by atoms with Crippen molar-refractivity contribution in [3.8, 4) is 11.5 Å². The number of benzene rings is 2. The third-order valence-corrected chi connectivity index (χ3v) is 5.21. The Morgan fingerprint density at radius 1 is 1.06 bits per heavy atom. The molecule has 0 aliphatic carbocycles. The van der Waals surface area contributed by atoms with Gasteiger partial charge in [0.25, 0.3) is 5.91 Å². The van der Waals surface area contributed by atoms with Crippen LogP contribution in [0.4, 0.5) is 18.9 Å². The molecule has 0 fully saturated rings. The summed E-state index contributed by atoms with van der Waals surface area (Å²) in [6, 6.07) is 8.80. The molecular formula is C23H27F3N2O5S. The highest BCUT2D eigenvalue weighted by Gasteiger charge is 2.48. The fourth-order valence-corrected chi connectivity index (χ4v) is 3.34. The molecule has 2 aromatic carbocycles. The maximum Gasteiger partial charge on any atom is 0.534 e. The maximum absolute atomic E-state index is 12.2. The molecule has 0 aliphatic heterocycles. The second-order valence-electron chi connectivity index (χ2n) is 8.31. The minimum atomic E-state index is -5.76. The Hall–Kier alpha value is -3.26. The Bertz CT molecular complexity index is 1150. The number of nitrogens with two attached hydrogens (primary N) is 1. The topological polar surface area (TPSA) is 111 Å². The molecule has 0 spiro atoms. The Labute approximate surface area is 197 Å². The molecule has 0 heterocycles. The third kappa shape index (κ3) is 8.59. The SMILES string of the molecule is CC(C)Cc1ccc(O)c(C(N)=O)c1.[C-]#[N+]c1cc(CC(C)C)ccc1OS(=O)(=O)C(F)(F)F. The number of hydrogen-bond donors (Lipinski definition) is 2. The largest absolute Gasteiger partial charge is 0.534 e. The predicted octanol–water partition coefficient (Wildman–Crippen LogP) is 5.35. The van der Waals surface area contributed by atoms with Crippen LogP contribution in [-0.4, -0.2) is 24.9 Å². The highest BCUT2D eigenvalue weighted by Crippen LogP contribution is 2.34. The first-order valence-electron chi connectivity index (χ1n) is 10.2. The summed E-state index contributed by atoms with van der Waals surface area (Å²) in [6.45, 7) is 15.0. The lowest BCUT2D eigenvalue weighted by Crippen LogP contribution is -2.28. The number of amides is 1. The zero-order valence-corrected chi connectivity index (χ0v) is 20.0. The number of carbonyl (C=O) groups excluding carboxylic acids is 1. The first-order valence-corrected chi connectivity index (χ1v) is 11.6. The van der Waals surface area contributed by atoms with Gasteiger partial charge in [0.1, 0.15) is 11.5 Å². The number of alkyl halides is 3. The average Bonchev–Trinajstić information content (AvgIpc) is 2.69. The highest BCUT2D eigenvalue weighted by molar-refractivity contribution is 7.88. The van der Waals surface area contributed by atoms with Crippen LogP contribution in [0.2, 0.25) is 0 Å². The number of phenols is 1. The predicted molar refractivity (Wildman–Crippen MR) is 122 cm³/mol. The van der Waals surface area contributed by atoms with Crippen LogP contribution >= 0.6 is 0 Å². The van der Waals surface area contributed by atoms with Crippen molar-refractivity contribution in [1.82, 2.24) is 0 Å². The van der Waals surface area contributed by atoms with Crippen molar-refractivity contribution in [1.29, 1.82) is 0 Å². The number of aromatic hydroxyl groups is 1. The van der Waals surface area contributed by atoms with E-state index >= 15 is 0 Å². The van der Waals surface area contributed by atoms with Gasteiger partial charge < -0.3 is 15.0 Å². The highest BCUT2D eigenvalue weighted by atomic mass is 32.2. The van der Waals surface area contributed by atoms with E-state index in [0.717, 1.165) is 23.6 Å². The molecule has 0 radical (unpaired) electrons. The minimum absolute atomic E-state index is 0.0509. The van der Waals surface area contributed by atoms with Gasteiger partial charge in [-0.25, -0.2) is 4.85 Å². The third-order valence-electron chi connectivity index (χ3n) is 4.24. The van der Waals surface area contributed by atoms with Crippen molar-refractivity contribution in [2.45, 2.75) is 46.0 Å². The fraction of sp³-hybridized carbons (Fsp3) is 0.391. The second kappa shape index (κ2) is 11.7. The monoisotopic (exact) mass is 500 g/mol. The molecule has 34 heavy (non-hydrogen) atoms. The standard InChI is InChI=1S/C12H12F3NO3S.C11H15NO2/c1-8(2)6-9-4-5-11(10(7-9)16-3)19-20(17,18)12(13,14)15;1-7(2)5-8-3-4-10(13)9(6-8)11(12)14/h4-5,7-8H,6H2,1-2H3;3-4,6-7,13H,5H2,1-2H3,(H2,12,14). The van der Waals surface area contributed by atoms with Crippen LogP contribution in [0.1, 0.15) is 49.2 Å². The Kier molecular flexibility index (Phi) is 9.94. The molecule has 0 atom stereocenters. The van der Waals surface area contributed by atoms with E-state index in [0.29, 0.717) is 18.3 Å². The molecule has 7 nitrogen and oxygen atoms in total. The molecule has 11 heteroatoms. The van der Waals surface area contributed by atoms with E-state index in [1.807, 2.05) is 19.9 Å². The lowest BCUT2D eigenvalue weighted by atomic mass is 10.0. The molecule has 0 aliphatic rings. The molecule has 0 unspecified atom stereocenters. The number of nitrogens with zero attached hydrogens (tertiary/aromatic N) is 1. The maximum atomic E-state index is 12.2. The minimum Gasteiger partial charge on any atom is -0.507 e. The summed E-state index contributed by atoms with van der Waals surface area (Å²) < 4.78 is 62.4. The first-order chi connectivity index (χ1) is 15.6. The molecular weight excluding hydrogens is 473 g/mol. The molecule has 0 saturated heterocycles. The van der Waals surface area contributed by atoms with E-state index in [-0.39, 0.29) is 17.0 Å². The van der Waals surface area contributed by atoms with Gasteiger partial charge >= 0.3 is 15.6 Å². The Balaban J connectivity index is 0.000000362. The molecule has 1 amide bonds. The quantitative estimate of drug-likeness (QED) is 0.302. The van der Waals surface area contributed by atoms with Crippen molar-refractivity contribution in [3.63, 3.8) is 0 Å². The van der Waals surface area contributed by atoms with Crippen molar-refractivity contribution >= 4 is 21.7 Å². The van der Waals surface area contributed by atoms with E-state index in [1.54, 1.807) is 6.07 Å². The van der Waals surface area contributed by atoms with Gasteiger partial charge in [-0.05, 0) is 54.5 Å². The van der Waals surface area contributed by atoms with Crippen molar-refractivity contribution in [2.24, 2.45) is 17.6 Å². The summed E-state index contributed by atoms with van der Waals surface area (Å²) in [5.74, 6) is -0.456. The summed E-state index contributed by atoms with van der Waals surface area (Å²) in [4.78, 5) is 13.9. The lowest BCUT2D eigenvalue weighted by Gasteiger charge is -2.12. The average molecular weight is 501 g/mol. The lowest BCUT2D eigenvalue weighted by molar-refractivity contribution is -0.0499. The normalized spacial score (nSPS) is 11.5. The molecule has 0 bridgehead atoms. The fourth-order valence-electron chi connectivity index (χ4n) is 2.86. The molecule has 186 valence electrons. The van der Waals surface area contributed by atoms with Gasteiger partial charge in [-0.15, -0.1) is 0 Å². The zero-order chi connectivity index (χ0) is 26.3. The van der Waals surface area contributed by atoms with Crippen molar-refractivity contribution < 1.29 is 35.7 Å². The number of primary amides is 1. The van der Waals surface area contributed by atoms with E-state index in [1.165, 1.54) is 18.2 Å². The Morgan fingerprint density at radius 2 is 1.56 bits per heavy atom. The number of halogens is 3.